The quantitative estimate of drug-likeness (QED) is 0.703. The molecule has 0 radical (unpaired) electrons. The predicted molar refractivity (Wildman–Crippen MR) is 60.5 cm³/mol. The summed E-state index contributed by atoms with van der Waals surface area (Å²) < 4.78 is 0. The van der Waals surface area contributed by atoms with Gasteiger partial charge in [-0.3, -0.25) is 4.79 Å². The van der Waals surface area contributed by atoms with Gasteiger partial charge in [-0.2, -0.15) is 0 Å². The number of hydrogen-bond donors (Lipinski definition) is 1. The van der Waals surface area contributed by atoms with E-state index in [9.17, 15) is 4.79 Å². The van der Waals surface area contributed by atoms with Crippen molar-refractivity contribution in [2.75, 3.05) is 26.2 Å². The molecule has 2 atom stereocenters. The molecule has 2 aliphatic rings. The molecule has 2 rings (SSSR count). The van der Waals surface area contributed by atoms with Gasteiger partial charge in [0.05, 0.1) is 5.92 Å². The van der Waals surface area contributed by atoms with E-state index in [2.05, 4.69) is 24.1 Å². The molecule has 0 bridgehead atoms. The van der Waals surface area contributed by atoms with E-state index in [1.807, 2.05) is 0 Å². The summed E-state index contributed by atoms with van der Waals surface area (Å²) in [4.78, 5) is 14.3. The number of amides is 1. The van der Waals surface area contributed by atoms with Crippen LogP contribution >= 0.6 is 0 Å². The maximum absolute atomic E-state index is 12.2. The number of piperidine rings is 1. The van der Waals surface area contributed by atoms with E-state index in [0.717, 1.165) is 32.1 Å². The number of carbonyl (C=O) groups excluding carboxylic acids is 1. The minimum absolute atomic E-state index is 0.235. The Bertz CT molecular complexity index is 234. The minimum atomic E-state index is 0.235. The monoisotopic (exact) mass is 210 g/mol. The summed E-state index contributed by atoms with van der Waals surface area (Å²) in [6.07, 6.45) is 2.36. The normalized spacial score (nSPS) is 33.3. The highest BCUT2D eigenvalue weighted by Gasteiger charge is 2.33. The fourth-order valence-electron chi connectivity index (χ4n) is 2.60. The number of rotatable bonds is 1. The van der Waals surface area contributed by atoms with E-state index in [1.54, 1.807) is 0 Å². The molecule has 86 valence electrons. The van der Waals surface area contributed by atoms with Crippen LogP contribution < -0.4 is 5.32 Å². The van der Waals surface area contributed by atoms with Crippen LogP contribution in [0.5, 0.6) is 0 Å². The van der Waals surface area contributed by atoms with Crippen LogP contribution in [0.3, 0.4) is 0 Å². The Hall–Kier alpha value is -0.570. The van der Waals surface area contributed by atoms with Crippen LogP contribution in [0.1, 0.15) is 26.7 Å². The zero-order valence-corrected chi connectivity index (χ0v) is 9.83. The molecule has 2 saturated heterocycles. The molecule has 3 heteroatoms. The number of nitrogens with one attached hydrogen (secondary N) is 1. The zero-order valence-electron chi connectivity index (χ0n) is 9.83. The molecule has 2 heterocycles. The molecule has 2 aliphatic heterocycles. The van der Waals surface area contributed by atoms with Crippen molar-refractivity contribution >= 4 is 5.91 Å². The fraction of sp³-hybridized carbons (Fsp3) is 0.917. The second-order valence-corrected chi connectivity index (χ2v) is 5.25. The van der Waals surface area contributed by atoms with Crippen molar-refractivity contribution in [2.45, 2.75) is 26.7 Å². The maximum Gasteiger partial charge on any atom is 0.227 e. The molecule has 15 heavy (non-hydrogen) atoms. The molecule has 0 spiro atoms. The van der Waals surface area contributed by atoms with E-state index in [4.69, 9.17) is 0 Å². The first kappa shape index (κ1) is 10.9. The highest BCUT2D eigenvalue weighted by molar-refractivity contribution is 5.79. The number of likely N-dealkylation sites (tertiary alicyclic amines) is 1. The van der Waals surface area contributed by atoms with E-state index in [-0.39, 0.29) is 5.92 Å². The smallest absolute Gasteiger partial charge is 0.227 e. The standard InChI is InChI=1S/C12H22N2O/c1-9-3-5-14(6-4-9)12(15)11-8-13-7-10(11)2/h9-11,13H,3-8H2,1-2H3. The molecule has 0 aromatic heterocycles. The second kappa shape index (κ2) is 4.52. The van der Waals surface area contributed by atoms with Crippen LogP contribution in [0, 0.1) is 17.8 Å². The Kier molecular flexibility index (Phi) is 3.29. The Morgan fingerprint density at radius 2 is 1.87 bits per heavy atom. The largest absolute Gasteiger partial charge is 0.342 e. The number of carbonyl (C=O) groups is 1. The van der Waals surface area contributed by atoms with Gasteiger partial charge < -0.3 is 10.2 Å². The maximum atomic E-state index is 12.2. The summed E-state index contributed by atoms with van der Waals surface area (Å²) in [5.74, 6) is 1.93. The Labute approximate surface area is 92.2 Å². The summed E-state index contributed by atoms with van der Waals surface area (Å²) in [6, 6.07) is 0. The highest BCUT2D eigenvalue weighted by atomic mass is 16.2. The molecule has 2 fully saturated rings. The van der Waals surface area contributed by atoms with Crippen molar-refractivity contribution in [1.29, 1.82) is 0 Å². The first-order valence-corrected chi connectivity index (χ1v) is 6.18. The first-order chi connectivity index (χ1) is 7.18. The topological polar surface area (TPSA) is 32.3 Å². The molecule has 1 amide bonds. The van der Waals surface area contributed by atoms with E-state index in [1.165, 1.54) is 12.8 Å². The highest BCUT2D eigenvalue weighted by Crippen LogP contribution is 2.22. The predicted octanol–water partition coefficient (Wildman–Crippen LogP) is 1.10. The molecule has 1 N–H and O–H groups in total. The molecular formula is C12H22N2O. The van der Waals surface area contributed by atoms with Crippen molar-refractivity contribution < 1.29 is 4.79 Å². The van der Waals surface area contributed by atoms with Crippen molar-refractivity contribution in [3.05, 3.63) is 0 Å². The number of nitrogens with zero attached hydrogens (tertiary/aromatic N) is 1. The zero-order chi connectivity index (χ0) is 10.8. The van der Waals surface area contributed by atoms with E-state index >= 15 is 0 Å². The van der Waals surface area contributed by atoms with Gasteiger partial charge in [0, 0.05) is 19.6 Å². The average molecular weight is 210 g/mol. The van der Waals surface area contributed by atoms with Crippen LogP contribution in [-0.4, -0.2) is 37.0 Å². The Balaban J connectivity index is 1.90. The van der Waals surface area contributed by atoms with Crippen LogP contribution in [0.25, 0.3) is 0 Å². The lowest BCUT2D eigenvalue weighted by molar-refractivity contribution is -0.137. The average Bonchev–Trinajstić information content (AvgIpc) is 2.65. The molecule has 0 aromatic carbocycles. The first-order valence-electron chi connectivity index (χ1n) is 6.18. The third-order valence-electron chi connectivity index (χ3n) is 3.93. The van der Waals surface area contributed by atoms with E-state index < -0.39 is 0 Å². The van der Waals surface area contributed by atoms with Gasteiger partial charge >= 0.3 is 0 Å². The van der Waals surface area contributed by atoms with Gasteiger partial charge in [-0.1, -0.05) is 13.8 Å². The SMILES string of the molecule is CC1CCN(C(=O)C2CNCC2C)CC1. The van der Waals surface area contributed by atoms with Crippen molar-refractivity contribution in [3.63, 3.8) is 0 Å². The van der Waals surface area contributed by atoms with Gasteiger partial charge in [0.1, 0.15) is 0 Å². The summed E-state index contributed by atoms with van der Waals surface area (Å²) in [5, 5.41) is 3.30. The summed E-state index contributed by atoms with van der Waals surface area (Å²) in [5.41, 5.74) is 0. The molecule has 0 aliphatic carbocycles. The van der Waals surface area contributed by atoms with Crippen LogP contribution in [-0.2, 0) is 4.79 Å². The van der Waals surface area contributed by atoms with Crippen molar-refractivity contribution in [3.8, 4) is 0 Å². The molecule has 3 nitrogen and oxygen atoms in total. The van der Waals surface area contributed by atoms with Gasteiger partial charge in [0.2, 0.25) is 5.91 Å². The molecule has 0 aromatic rings. The van der Waals surface area contributed by atoms with Crippen molar-refractivity contribution in [1.82, 2.24) is 10.2 Å². The lowest BCUT2D eigenvalue weighted by Crippen LogP contribution is -2.43. The number of hydrogen-bond acceptors (Lipinski definition) is 2. The third kappa shape index (κ3) is 2.33. The molecular weight excluding hydrogens is 188 g/mol. The van der Waals surface area contributed by atoms with Crippen LogP contribution in [0.2, 0.25) is 0 Å². The van der Waals surface area contributed by atoms with Crippen LogP contribution in [0.15, 0.2) is 0 Å². The van der Waals surface area contributed by atoms with Crippen molar-refractivity contribution in [2.24, 2.45) is 17.8 Å². The fourth-order valence-corrected chi connectivity index (χ4v) is 2.60. The molecule has 2 unspecified atom stereocenters. The summed E-state index contributed by atoms with van der Waals surface area (Å²) in [6.45, 7) is 8.29. The van der Waals surface area contributed by atoms with Gasteiger partial charge in [0.15, 0.2) is 0 Å². The Morgan fingerprint density at radius 3 is 2.40 bits per heavy atom. The lowest BCUT2D eigenvalue weighted by atomic mass is 9.93. The third-order valence-corrected chi connectivity index (χ3v) is 3.93. The van der Waals surface area contributed by atoms with Gasteiger partial charge in [-0.15, -0.1) is 0 Å². The van der Waals surface area contributed by atoms with Gasteiger partial charge in [0.25, 0.3) is 0 Å². The minimum Gasteiger partial charge on any atom is -0.342 e. The second-order valence-electron chi connectivity index (χ2n) is 5.25. The van der Waals surface area contributed by atoms with E-state index in [0.29, 0.717) is 11.8 Å². The molecule has 0 saturated carbocycles. The summed E-state index contributed by atoms with van der Waals surface area (Å²) in [7, 11) is 0. The van der Waals surface area contributed by atoms with Gasteiger partial charge in [-0.25, -0.2) is 0 Å². The lowest BCUT2D eigenvalue weighted by Gasteiger charge is -2.32. The van der Waals surface area contributed by atoms with Gasteiger partial charge in [-0.05, 0) is 31.2 Å². The summed E-state index contributed by atoms with van der Waals surface area (Å²) >= 11 is 0. The Morgan fingerprint density at radius 1 is 1.20 bits per heavy atom. The van der Waals surface area contributed by atoms with Crippen LogP contribution in [0.4, 0.5) is 0 Å².